The first kappa shape index (κ1) is 13.6. The van der Waals surface area contributed by atoms with E-state index in [1.54, 1.807) is 24.4 Å². The maximum atomic E-state index is 12.1. The molecule has 1 aromatic heterocycles. The van der Waals surface area contributed by atoms with Gasteiger partial charge in [0.25, 0.3) is 0 Å². The number of hydrogen-bond donors (Lipinski definition) is 0. The second-order valence-corrected chi connectivity index (χ2v) is 6.15. The van der Waals surface area contributed by atoms with Crippen LogP contribution in [-0.4, -0.2) is 13.8 Å². The molecule has 3 nitrogen and oxygen atoms in total. The topological polar surface area (TPSA) is 34.9 Å². The average molecular weight is 303 g/mol. The lowest BCUT2D eigenvalue weighted by atomic mass is 10.2. The van der Waals surface area contributed by atoms with Crippen molar-refractivity contribution >= 4 is 34.0 Å². The lowest BCUT2D eigenvalue weighted by molar-refractivity contribution is 0.679. The molecule has 0 N–H and O–H groups in total. The van der Waals surface area contributed by atoms with E-state index in [-0.39, 0.29) is 0 Å². The van der Waals surface area contributed by atoms with Crippen molar-refractivity contribution in [3.8, 4) is 0 Å². The molecular formula is C12H12Cl2N2OS. The zero-order valence-electron chi connectivity index (χ0n) is 9.77. The molecule has 0 aliphatic heterocycles. The Balaban J connectivity index is 2.10. The van der Waals surface area contributed by atoms with E-state index in [0.717, 1.165) is 11.4 Å². The third kappa shape index (κ3) is 3.13. The van der Waals surface area contributed by atoms with Crippen LogP contribution < -0.4 is 0 Å². The number of hydrogen-bond acceptors (Lipinski definition) is 2. The van der Waals surface area contributed by atoms with Crippen LogP contribution in [0.4, 0.5) is 0 Å². The van der Waals surface area contributed by atoms with E-state index in [4.69, 9.17) is 23.2 Å². The molecule has 96 valence electrons. The minimum absolute atomic E-state index is 0.339. The van der Waals surface area contributed by atoms with E-state index in [1.807, 2.05) is 17.8 Å². The Morgan fingerprint density at radius 3 is 2.50 bits per heavy atom. The molecule has 2 aromatic rings. The summed E-state index contributed by atoms with van der Waals surface area (Å²) in [7, 11) is 0.794. The molecule has 0 saturated heterocycles. The molecule has 0 aliphatic carbocycles. The van der Waals surface area contributed by atoms with Crippen LogP contribution in [0.2, 0.25) is 10.0 Å². The number of nitrogens with zero attached hydrogens (tertiary/aromatic N) is 2. The van der Waals surface area contributed by atoms with Gasteiger partial charge >= 0.3 is 0 Å². The zero-order chi connectivity index (χ0) is 13.1. The molecule has 0 fully saturated rings. The van der Waals surface area contributed by atoms with Gasteiger partial charge in [-0.25, -0.2) is 4.98 Å². The number of rotatable bonds is 4. The van der Waals surface area contributed by atoms with Crippen molar-refractivity contribution in [2.45, 2.75) is 11.5 Å². The summed E-state index contributed by atoms with van der Waals surface area (Å²) >= 11 is 12.1. The summed E-state index contributed by atoms with van der Waals surface area (Å²) in [5.74, 6) is 1.52. The second-order valence-electron chi connectivity index (χ2n) is 3.88. The molecule has 0 amide bonds. The average Bonchev–Trinajstić information content (AvgIpc) is 2.70. The Kier molecular flexibility index (Phi) is 4.43. The molecule has 18 heavy (non-hydrogen) atoms. The summed E-state index contributed by atoms with van der Waals surface area (Å²) in [6, 6.07) is 5.28. The van der Waals surface area contributed by atoms with Crippen molar-refractivity contribution in [3.63, 3.8) is 0 Å². The molecule has 1 heterocycles. The highest BCUT2D eigenvalue weighted by Gasteiger charge is 2.11. The summed E-state index contributed by atoms with van der Waals surface area (Å²) < 4.78 is 13.9. The van der Waals surface area contributed by atoms with E-state index in [9.17, 15) is 4.21 Å². The van der Waals surface area contributed by atoms with Gasteiger partial charge in [0.2, 0.25) is 0 Å². The maximum absolute atomic E-state index is 12.1. The number of aryl methyl sites for hydroxylation is 1. The molecule has 0 radical (unpaired) electrons. The van der Waals surface area contributed by atoms with Crippen LogP contribution in [0.15, 0.2) is 30.6 Å². The molecule has 0 unspecified atom stereocenters. The quantitative estimate of drug-likeness (QED) is 0.869. The van der Waals surface area contributed by atoms with Gasteiger partial charge < -0.3 is 4.57 Å². The van der Waals surface area contributed by atoms with Gasteiger partial charge in [0, 0.05) is 45.8 Å². The molecule has 2 rings (SSSR count). The van der Waals surface area contributed by atoms with Crippen molar-refractivity contribution < 1.29 is 4.21 Å². The Morgan fingerprint density at radius 1 is 1.28 bits per heavy atom. The van der Waals surface area contributed by atoms with Crippen LogP contribution in [0.5, 0.6) is 0 Å². The fraction of sp³-hybridized carbons (Fsp3) is 0.250. The van der Waals surface area contributed by atoms with Gasteiger partial charge in [-0.1, -0.05) is 29.3 Å². The number of aromatic nitrogens is 2. The van der Waals surface area contributed by atoms with Gasteiger partial charge in [-0.2, -0.15) is 0 Å². The fourth-order valence-corrected chi connectivity index (χ4v) is 3.55. The van der Waals surface area contributed by atoms with Gasteiger partial charge in [0.15, 0.2) is 0 Å². The van der Waals surface area contributed by atoms with Gasteiger partial charge in [-0.05, 0) is 12.1 Å². The van der Waals surface area contributed by atoms with Crippen LogP contribution in [0.3, 0.4) is 0 Å². The highest BCUT2D eigenvalue weighted by atomic mass is 35.5. The smallest absolute Gasteiger partial charge is 0.121 e. The number of benzene rings is 1. The van der Waals surface area contributed by atoms with E-state index >= 15 is 0 Å². The minimum atomic E-state index is -1.08. The van der Waals surface area contributed by atoms with Gasteiger partial charge in [-0.3, -0.25) is 4.21 Å². The minimum Gasteiger partial charge on any atom is -0.337 e. The summed E-state index contributed by atoms with van der Waals surface area (Å²) in [6.07, 6.45) is 3.52. The van der Waals surface area contributed by atoms with Crippen molar-refractivity contribution in [1.82, 2.24) is 9.55 Å². The van der Waals surface area contributed by atoms with E-state index < -0.39 is 10.8 Å². The highest BCUT2D eigenvalue weighted by Crippen LogP contribution is 2.25. The summed E-state index contributed by atoms with van der Waals surface area (Å²) in [5.41, 5.74) is 0.730. The lowest BCUT2D eigenvalue weighted by Crippen LogP contribution is -2.05. The SMILES string of the molecule is Cn1ccnc1C[S@](=O)Cc1c(Cl)cccc1Cl. The molecule has 0 saturated carbocycles. The van der Waals surface area contributed by atoms with Gasteiger partial charge in [-0.15, -0.1) is 0 Å². The van der Waals surface area contributed by atoms with Crippen LogP contribution in [0.1, 0.15) is 11.4 Å². The zero-order valence-corrected chi connectivity index (χ0v) is 12.1. The first-order valence-electron chi connectivity index (χ1n) is 5.32. The van der Waals surface area contributed by atoms with Crippen LogP contribution in [0.25, 0.3) is 0 Å². The van der Waals surface area contributed by atoms with Crippen molar-refractivity contribution in [3.05, 3.63) is 52.0 Å². The first-order valence-corrected chi connectivity index (χ1v) is 7.56. The third-order valence-corrected chi connectivity index (χ3v) is 4.48. The highest BCUT2D eigenvalue weighted by molar-refractivity contribution is 7.83. The summed E-state index contributed by atoms with van der Waals surface area (Å²) in [5, 5.41) is 1.10. The standard InChI is InChI=1S/C12H12Cl2N2OS/c1-16-6-5-15-12(16)8-18(17)7-9-10(13)3-2-4-11(9)14/h2-6H,7-8H2,1H3/t18-/m1/s1. The van der Waals surface area contributed by atoms with Crippen molar-refractivity contribution in [2.24, 2.45) is 7.05 Å². The largest absolute Gasteiger partial charge is 0.337 e. The number of halogens is 2. The van der Waals surface area contributed by atoms with Crippen LogP contribution >= 0.6 is 23.2 Å². The first-order chi connectivity index (χ1) is 8.58. The molecular weight excluding hydrogens is 291 g/mol. The van der Waals surface area contributed by atoms with Crippen molar-refractivity contribution in [1.29, 1.82) is 0 Å². The Bertz CT molecular complexity index is 563. The van der Waals surface area contributed by atoms with Gasteiger partial charge in [0.1, 0.15) is 5.82 Å². The van der Waals surface area contributed by atoms with Gasteiger partial charge in [0.05, 0.1) is 11.5 Å². The van der Waals surface area contributed by atoms with Crippen LogP contribution in [0, 0.1) is 0 Å². The molecule has 1 atom stereocenters. The molecule has 0 aliphatic rings. The number of imidazole rings is 1. The lowest BCUT2D eigenvalue weighted by Gasteiger charge is -2.07. The molecule has 1 aromatic carbocycles. The molecule has 6 heteroatoms. The Hall–Kier alpha value is -0.840. The monoisotopic (exact) mass is 302 g/mol. The predicted octanol–water partition coefficient (Wildman–Crippen LogP) is 3.18. The Morgan fingerprint density at radius 2 is 1.94 bits per heavy atom. The van der Waals surface area contributed by atoms with E-state index in [1.165, 1.54) is 0 Å². The van der Waals surface area contributed by atoms with E-state index in [0.29, 0.717) is 21.6 Å². The Labute approximate surface area is 118 Å². The normalized spacial score (nSPS) is 12.6. The predicted molar refractivity (Wildman–Crippen MR) is 75.2 cm³/mol. The maximum Gasteiger partial charge on any atom is 0.121 e. The van der Waals surface area contributed by atoms with E-state index in [2.05, 4.69) is 4.98 Å². The van der Waals surface area contributed by atoms with Crippen LogP contribution in [-0.2, 0) is 29.4 Å². The summed E-state index contributed by atoms with van der Waals surface area (Å²) in [6.45, 7) is 0. The molecule has 0 bridgehead atoms. The molecule has 0 spiro atoms. The van der Waals surface area contributed by atoms with Crippen molar-refractivity contribution in [2.75, 3.05) is 0 Å². The summed E-state index contributed by atoms with van der Waals surface area (Å²) in [4.78, 5) is 4.15. The fourth-order valence-electron chi connectivity index (χ4n) is 1.56. The third-order valence-electron chi connectivity index (χ3n) is 2.58. The second kappa shape index (κ2) is 5.87.